The first-order chi connectivity index (χ1) is 19.4. The summed E-state index contributed by atoms with van der Waals surface area (Å²) in [4.78, 5) is 22.9. The lowest BCUT2D eigenvalue weighted by molar-refractivity contribution is -0.113. The van der Waals surface area contributed by atoms with Gasteiger partial charge in [0, 0.05) is 33.7 Å². The highest BCUT2D eigenvalue weighted by atomic mass is 79.9. The zero-order valence-electron chi connectivity index (χ0n) is 22.2. The van der Waals surface area contributed by atoms with Gasteiger partial charge in [-0.25, -0.2) is 14.3 Å². The van der Waals surface area contributed by atoms with E-state index in [1.807, 2.05) is 61.1 Å². The van der Waals surface area contributed by atoms with Gasteiger partial charge >= 0.3 is 0 Å². The Kier molecular flexibility index (Phi) is 6.77. The number of nitrogens with one attached hydrogen (secondary N) is 2. The molecule has 1 aliphatic rings. The highest BCUT2D eigenvalue weighted by Gasteiger charge is 2.38. The normalized spacial score (nSPS) is 14.7. The average Bonchev–Trinajstić information content (AvgIpc) is 3.62. The molecule has 0 aliphatic carbocycles. The van der Waals surface area contributed by atoms with Crippen LogP contribution in [0, 0.1) is 12.8 Å². The highest BCUT2D eigenvalue weighted by Crippen LogP contribution is 2.41. The maximum Gasteiger partial charge on any atom is 0.257 e. The van der Waals surface area contributed by atoms with Gasteiger partial charge in [-0.05, 0) is 53.0 Å². The Hall–Kier alpha value is -4.57. The van der Waals surface area contributed by atoms with Crippen LogP contribution >= 0.6 is 15.9 Å². The SMILES string of the molecule is Cc1ccc(-c2nn(-c3ccccc3)cc2C2C(C(=O)Nc3ccc(Br)cn3)=C(C(C)C)Nc3ncnn32)cc1. The zero-order valence-corrected chi connectivity index (χ0v) is 23.8. The number of fused-ring (bicyclic) bond motifs is 1. The Balaban J connectivity index is 1.56. The lowest BCUT2D eigenvalue weighted by Crippen LogP contribution is -2.33. The van der Waals surface area contributed by atoms with Gasteiger partial charge in [0.1, 0.15) is 18.2 Å². The third kappa shape index (κ3) is 4.82. The van der Waals surface area contributed by atoms with Crippen LogP contribution in [0.2, 0.25) is 0 Å². The third-order valence-corrected chi connectivity index (χ3v) is 7.27. The van der Waals surface area contributed by atoms with E-state index in [0.29, 0.717) is 17.3 Å². The van der Waals surface area contributed by atoms with Gasteiger partial charge in [0.15, 0.2) is 0 Å². The predicted octanol–water partition coefficient (Wildman–Crippen LogP) is 6.16. The number of halogens is 1. The Morgan fingerprint density at radius 2 is 1.80 bits per heavy atom. The number of hydrogen-bond acceptors (Lipinski definition) is 6. The van der Waals surface area contributed by atoms with Gasteiger partial charge in [-0.15, -0.1) is 0 Å². The smallest absolute Gasteiger partial charge is 0.257 e. The second-order valence-corrected chi connectivity index (χ2v) is 10.8. The molecule has 3 aromatic heterocycles. The van der Waals surface area contributed by atoms with Crippen LogP contribution in [0.25, 0.3) is 16.9 Å². The molecule has 0 saturated carbocycles. The van der Waals surface area contributed by atoms with Crippen molar-refractivity contribution >= 4 is 33.6 Å². The molecular formula is C30H27BrN8O. The van der Waals surface area contributed by atoms with Crippen molar-refractivity contribution in [2.45, 2.75) is 26.8 Å². The summed E-state index contributed by atoms with van der Waals surface area (Å²) in [5.74, 6) is 0.734. The summed E-state index contributed by atoms with van der Waals surface area (Å²) in [6.45, 7) is 6.15. The second-order valence-electron chi connectivity index (χ2n) is 9.93. The van der Waals surface area contributed by atoms with E-state index in [2.05, 4.69) is 72.8 Å². The summed E-state index contributed by atoms with van der Waals surface area (Å²) in [6, 6.07) is 21.2. The average molecular weight is 596 g/mol. The number of nitrogens with zero attached hydrogens (tertiary/aromatic N) is 6. The van der Waals surface area contributed by atoms with Gasteiger partial charge in [-0.2, -0.15) is 15.2 Å². The number of carbonyl (C=O) groups is 1. The molecule has 200 valence electrons. The van der Waals surface area contributed by atoms with E-state index in [0.717, 1.165) is 38.2 Å². The molecule has 40 heavy (non-hydrogen) atoms. The molecule has 1 unspecified atom stereocenters. The molecule has 1 aliphatic heterocycles. The van der Waals surface area contributed by atoms with E-state index < -0.39 is 6.04 Å². The number of anilines is 2. The molecule has 0 radical (unpaired) electrons. The summed E-state index contributed by atoms with van der Waals surface area (Å²) in [5, 5.41) is 15.9. The predicted molar refractivity (Wildman–Crippen MR) is 158 cm³/mol. The number of aryl methyl sites for hydroxylation is 1. The van der Waals surface area contributed by atoms with Gasteiger partial charge < -0.3 is 10.6 Å². The Morgan fingerprint density at radius 1 is 1.02 bits per heavy atom. The van der Waals surface area contributed by atoms with Crippen LogP contribution < -0.4 is 10.6 Å². The quantitative estimate of drug-likeness (QED) is 0.244. The largest absolute Gasteiger partial charge is 0.327 e. The molecule has 4 heterocycles. The summed E-state index contributed by atoms with van der Waals surface area (Å²) >= 11 is 3.40. The van der Waals surface area contributed by atoms with Crippen molar-refractivity contribution in [3.05, 3.63) is 112 Å². The molecule has 1 atom stereocenters. The molecule has 2 N–H and O–H groups in total. The number of allylic oxidation sites excluding steroid dienone is 1. The van der Waals surface area contributed by atoms with Crippen LogP contribution in [0.4, 0.5) is 11.8 Å². The molecule has 10 heteroatoms. The standard InChI is InChI=1S/C30H27BrN8O/c1-18(2)26-25(29(40)35-24-14-13-21(31)15-32-24)28(39-30(36-26)33-17-34-39)23-16-38(22-7-5-4-6-8-22)37-27(23)20-11-9-19(3)10-12-20/h4-18,28H,1-3H3,(H,32,35,40)(H,33,34,36). The van der Waals surface area contributed by atoms with Crippen molar-refractivity contribution in [3.63, 3.8) is 0 Å². The second kappa shape index (κ2) is 10.5. The van der Waals surface area contributed by atoms with Crippen molar-refractivity contribution in [1.29, 1.82) is 0 Å². The van der Waals surface area contributed by atoms with E-state index in [9.17, 15) is 4.79 Å². The number of pyridine rings is 1. The summed E-state index contributed by atoms with van der Waals surface area (Å²) in [6.07, 6.45) is 5.13. The fourth-order valence-corrected chi connectivity index (χ4v) is 5.08. The number of hydrogen-bond donors (Lipinski definition) is 2. The topological polar surface area (TPSA) is 103 Å². The molecule has 0 bridgehead atoms. The molecule has 0 fully saturated rings. The number of aromatic nitrogens is 6. The minimum Gasteiger partial charge on any atom is -0.327 e. The molecule has 6 rings (SSSR count). The fourth-order valence-electron chi connectivity index (χ4n) is 4.84. The maximum atomic E-state index is 14.1. The number of para-hydroxylation sites is 1. The summed E-state index contributed by atoms with van der Waals surface area (Å²) < 4.78 is 4.43. The van der Waals surface area contributed by atoms with Crippen LogP contribution in [-0.4, -0.2) is 35.4 Å². The van der Waals surface area contributed by atoms with Crippen molar-refractivity contribution in [2.24, 2.45) is 5.92 Å². The van der Waals surface area contributed by atoms with E-state index in [1.165, 1.54) is 6.33 Å². The maximum absolute atomic E-state index is 14.1. The lowest BCUT2D eigenvalue weighted by atomic mass is 9.90. The van der Waals surface area contributed by atoms with Crippen molar-refractivity contribution in [2.75, 3.05) is 10.6 Å². The van der Waals surface area contributed by atoms with Crippen LogP contribution in [-0.2, 0) is 4.79 Å². The van der Waals surface area contributed by atoms with Crippen LogP contribution in [0.3, 0.4) is 0 Å². The zero-order chi connectivity index (χ0) is 27.8. The van der Waals surface area contributed by atoms with Gasteiger partial charge in [0.2, 0.25) is 5.95 Å². The van der Waals surface area contributed by atoms with Crippen molar-refractivity contribution in [3.8, 4) is 16.9 Å². The first-order valence-corrected chi connectivity index (χ1v) is 13.7. The number of benzene rings is 2. The summed E-state index contributed by atoms with van der Waals surface area (Å²) in [5.41, 5.74) is 5.88. The number of amides is 1. The summed E-state index contributed by atoms with van der Waals surface area (Å²) in [7, 11) is 0. The fraction of sp³-hybridized carbons (Fsp3) is 0.167. The van der Waals surface area contributed by atoms with Crippen molar-refractivity contribution in [1.82, 2.24) is 29.5 Å². The molecule has 9 nitrogen and oxygen atoms in total. The molecule has 2 aromatic carbocycles. The van der Waals surface area contributed by atoms with Crippen LogP contribution in [0.15, 0.2) is 101 Å². The Morgan fingerprint density at radius 3 is 2.50 bits per heavy atom. The minimum atomic E-state index is -0.597. The van der Waals surface area contributed by atoms with E-state index in [-0.39, 0.29) is 11.8 Å². The van der Waals surface area contributed by atoms with Crippen LogP contribution in [0.1, 0.15) is 31.0 Å². The van der Waals surface area contributed by atoms with Gasteiger partial charge in [-0.1, -0.05) is 61.9 Å². The van der Waals surface area contributed by atoms with Gasteiger partial charge in [-0.3, -0.25) is 4.79 Å². The van der Waals surface area contributed by atoms with Crippen LogP contribution in [0.5, 0.6) is 0 Å². The lowest BCUT2D eigenvalue weighted by Gasteiger charge is -2.31. The molecular weight excluding hydrogens is 568 g/mol. The van der Waals surface area contributed by atoms with E-state index >= 15 is 0 Å². The monoisotopic (exact) mass is 594 g/mol. The third-order valence-electron chi connectivity index (χ3n) is 6.80. The van der Waals surface area contributed by atoms with Gasteiger partial charge in [0.05, 0.1) is 17.0 Å². The Labute approximate surface area is 240 Å². The Bertz CT molecular complexity index is 1700. The van der Waals surface area contributed by atoms with E-state index in [1.54, 1.807) is 16.9 Å². The van der Waals surface area contributed by atoms with Gasteiger partial charge in [0.25, 0.3) is 5.91 Å². The molecule has 0 spiro atoms. The number of carbonyl (C=O) groups excluding carboxylic acids is 1. The minimum absolute atomic E-state index is 0.00132. The van der Waals surface area contributed by atoms with E-state index in [4.69, 9.17) is 5.10 Å². The highest BCUT2D eigenvalue weighted by molar-refractivity contribution is 9.10. The van der Waals surface area contributed by atoms with Crippen molar-refractivity contribution < 1.29 is 4.79 Å². The molecule has 1 amide bonds. The molecule has 5 aromatic rings. The first-order valence-electron chi connectivity index (χ1n) is 12.9. The first kappa shape index (κ1) is 25.7. The molecule has 0 saturated heterocycles. The number of rotatable bonds is 6.